The molecule has 0 saturated heterocycles. The summed E-state index contributed by atoms with van der Waals surface area (Å²) in [6.45, 7) is 1.63. The van der Waals surface area contributed by atoms with Crippen molar-refractivity contribution in [3.63, 3.8) is 0 Å². The Labute approximate surface area is 135 Å². The van der Waals surface area contributed by atoms with Gasteiger partial charge in [-0.15, -0.1) is 0 Å². The fourth-order valence-corrected chi connectivity index (χ4v) is 2.68. The van der Waals surface area contributed by atoms with E-state index in [1.54, 1.807) is 25.1 Å². The quantitative estimate of drug-likeness (QED) is 0.781. The fraction of sp³-hybridized carbons (Fsp3) is 0.125. The number of fused-ring (bicyclic) bond motifs is 1. The fourth-order valence-electron chi connectivity index (χ4n) is 2.43. The van der Waals surface area contributed by atoms with Crippen LogP contribution in [0.25, 0.3) is 16.6 Å². The predicted octanol–water partition coefficient (Wildman–Crippen LogP) is 3.34. The summed E-state index contributed by atoms with van der Waals surface area (Å²) in [6.07, 6.45) is 0. The summed E-state index contributed by atoms with van der Waals surface area (Å²) in [5.41, 5.74) is 5.74. The molecule has 1 heterocycles. The van der Waals surface area contributed by atoms with Crippen LogP contribution in [0.5, 0.6) is 0 Å². The summed E-state index contributed by atoms with van der Waals surface area (Å²) >= 11 is 6.08. The van der Waals surface area contributed by atoms with Gasteiger partial charge in [-0.25, -0.2) is 13.8 Å². The second-order valence-electron chi connectivity index (χ2n) is 5.16. The summed E-state index contributed by atoms with van der Waals surface area (Å²) in [4.78, 5) is 17.2. The first-order valence-electron chi connectivity index (χ1n) is 6.81. The van der Waals surface area contributed by atoms with E-state index in [1.165, 1.54) is 0 Å². The van der Waals surface area contributed by atoms with E-state index < -0.39 is 23.2 Å². The third kappa shape index (κ3) is 2.71. The molecule has 1 aromatic heterocycles. The van der Waals surface area contributed by atoms with Crippen molar-refractivity contribution < 1.29 is 8.78 Å². The smallest absolute Gasteiger partial charge is 0.267 e. The van der Waals surface area contributed by atoms with Crippen molar-refractivity contribution in [3.05, 3.63) is 69.2 Å². The summed E-state index contributed by atoms with van der Waals surface area (Å²) in [5.74, 6) is -1.42. The summed E-state index contributed by atoms with van der Waals surface area (Å²) < 4.78 is 28.2. The Hall–Kier alpha value is -2.31. The highest BCUT2D eigenvalue weighted by molar-refractivity contribution is 6.35. The van der Waals surface area contributed by atoms with Gasteiger partial charge in [0.05, 0.1) is 27.7 Å². The molecule has 118 valence electrons. The zero-order valence-corrected chi connectivity index (χ0v) is 12.8. The van der Waals surface area contributed by atoms with E-state index in [4.69, 9.17) is 17.3 Å². The minimum absolute atomic E-state index is 0.00844. The molecule has 23 heavy (non-hydrogen) atoms. The maximum atomic E-state index is 13.5. The van der Waals surface area contributed by atoms with E-state index in [-0.39, 0.29) is 21.9 Å². The van der Waals surface area contributed by atoms with Crippen molar-refractivity contribution in [1.82, 2.24) is 9.55 Å². The van der Waals surface area contributed by atoms with Gasteiger partial charge in [-0.05, 0) is 31.2 Å². The molecule has 0 bridgehead atoms. The average molecular weight is 336 g/mol. The van der Waals surface area contributed by atoms with Crippen LogP contribution in [0, 0.1) is 11.6 Å². The van der Waals surface area contributed by atoms with Crippen molar-refractivity contribution in [2.75, 3.05) is 0 Å². The lowest BCUT2D eigenvalue weighted by atomic mass is 10.2. The zero-order chi connectivity index (χ0) is 16.7. The summed E-state index contributed by atoms with van der Waals surface area (Å²) in [6, 6.07) is 7.02. The first-order valence-corrected chi connectivity index (χ1v) is 7.19. The molecule has 0 fully saturated rings. The Bertz CT molecular complexity index is 949. The van der Waals surface area contributed by atoms with Gasteiger partial charge in [0.25, 0.3) is 5.56 Å². The highest BCUT2D eigenvalue weighted by Gasteiger charge is 2.18. The average Bonchev–Trinajstić information content (AvgIpc) is 2.45. The molecule has 4 nitrogen and oxygen atoms in total. The van der Waals surface area contributed by atoms with E-state index in [1.807, 2.05) is 0 Å². The maximum Gasteiger partial charge on any atom is 0.267 e. The molecule has 0 spiro atoms. The van der Waals surface area contributed by atoms with Crippen molar-refractivity contribution in [3.8, 4) is 5.69 Å². The normalized spacial score (nSPS) is 12.6. The Morgan fingerprint density at radius 2 is 1.87 bits per heavy atom. The molecule has 0 amide bonds. The third-order valence-corrected chi connectivity index (χ3v) is 3.70. The number of nitrogens with two attached hydrogens (primary N) is 1. The van der Waals surface area contributed by atoms with Crippen LogP contribution in [0.3, 0.4) is 0 Å². The number of benzene rings is 2. The first-order chi connectivity index (χ1) is 10.9. The Morgan fingerprint density at radius 1 is 1.22 bits per heavy atom. The van der Waals surface area contributed by atoms with Crippen LogP contribution in [0.15, 0.2) is 41.2 Å². The second-order valence-corrected chi connectivity index (χ2v) is 5.57. The molecule has 0 aliphatic carbocycles. The number of hydrogen-bond acceptors (Lipinski definition) is 3. The molecule has 0 aliphatic heterocycles. The van der Waals surface area contributed by atoms with Gasteiger partial charge in [0, 0.05) is 6.07 Å². The second kappa shape index (κ2) is 5.72. The maximum absolute atomic E-state index is 13.5. The number of hydrogen-bond donors (Lipinski definition) is 1. The molecule has 0 radical (unpaired) electrons. The van der Waals surface area contributed by atoms with Crippen molar-refractivity contribution in [2.45, 2.75) is 13.0 Å². The van der Waals surface area contributed by atoms with Crippen LogP contribution in [-0.4, -0.2) is 9.55 Å². The van der Waals surface area contributed by atoms with Gasteiger partial charge < -0.3 is 5.73 Å². The summed E-state index contributed by atoms with van der Waals surface area (Å²) in [7, 11) is 0. The molecule has 7 heteroatoms. The molecule has 2 N–H and O–H groups in total. The highest BCUT2D eigenvalue weighted by Crippen LogP contribution is 2.22. The topological polar surface area (TPSA) is 60.9 Å². The Balaban J connectivity index is 2.47. The Morgan fingerprint density at radius 3 is 2.48 bits per heavy atom. The number of halogens is 3. The zero-order valence-electron chi connectivity index (χ0n) is 12.1. The highest BCUT2D eigenvalue weighted by atomic mass is 35.5. The van der Waals surface area contributed by atoms with Crippen LogP contribution in [-0.2, 0) is 0 Å². The molecule has 1 atom stereocenters. The van der Waals surface area contributed by atoms with Gasteiger partial charge in [-0.3, -0.25) is 9.36 Å². The van der Waals surface area contributed by atoms with Crippen LogP contribution in [0.1, 0.15) is 18.8 Å². The van der Waals surface area contributed by atoms with E-state index >= 15 is 0 Å². The van der Waals surface area contributed by atoms with Crippen molar-refractivity contribution in [2.24, 2.45) is 5.73 Å². The lowest BCUT2D eigenvalue weighted by Crippen LogP contribution is -2.27. The number of nitrogens with zero attached hydrogens (tertiary/aromatic N) is 2. The molecule has 3 rings (SSSR count). The van der Waals surface area contributed by atoms with E-state index in [0.29, 0.717) is 5.52 Å². The minimum Gasteiger partial charge on any atom is -0.322 e. The molecule has 3 aromatic rings. The van der Waals surface area contributed by atoms with Crippen molar-refractivity contribution in [1.29, 1.82) is 0 Å². The van der Waals surface area contributed by atoms with Crippen molar-refractivity contribution >= 4 is 22.5 Å². The first kappa shape index (κ1) is 15.6. The lowest BCUT2D eigenvalue weighted by molar-refractivity contribution is 0.579. The third-order valence-electron chi connectivity index (χ3n) is 3.39. The van der Waals surface area contributed by atoms with Gasteiger partial charge in [-0.1, -0.05) is 17.7 Å². The standard InChI is InChI=1S/C16H12ClF2N3O/c1-8(20)15-21-13-4-2-3-12(17)14(13)16(23)22(15)11-6-9(18)5-10(19)7-11/h2-8H,20H2,1H3/t8-/m0/s1. The molecular formula is C16H12ClF2N3O. The molecule has 0 unspecified atom stereocenters. The molecule has 0 saturated carbocycles. The van der Waals surface area contributed by atoms with Crippen LogP contribution in [0.2, 0.25) is 5.02 Å². The van der Waals surface area contributed by atoms with Gasteiger partial charge in [0.2, 0.25) is 0 Å². The molecular weight excluding hydrogens is 324 g/mol. The van der Waals surface area contributed by atoms with Gasteiger partial charge in [0.15, 0.2) is 0 Å². The van der Waals surface area contributed by atoms with E-state index in [2.05, 4.69) is 4.98 Å². The minimum atomic E-state index is -0.804. The van der Waals surface area contributed by atoms with Crippen LogP contribution >= 0.6 is 11.6 Å². The molecule has 2 aromatic carbocycles. The SMILES string of the molecule is C[C@H](N)c1nc2cccc(Cl)c2c(=O)n1-c1cc(F)cc(F)c1. The molecule has 0 aliphatic rings. The largest absolute Gasteiger partial charge is 0.322 e. The predicted molar refractivity (Wildman–Crippen MR) is 84.9 cm³/mol. The van der Waals surface area contributed by atoms with E-state index in [9.17, 15) is 13.6 Å². The number of aromatic nitrogens is 2. The summed E-state index contributed by atoms with van der Waals surface area (Å²) in [5, 5.41) is 0.380. The van der Waals surface area contributed by atoms with Crippen LogP contribution in [0.4, 0.5) is 8.78 Å². The van der Waals surface area contributed by atoms with Crippen LogP contribution < -0.4 is 11.3 Å². The van der Waals surface area contributed by atoms with E-state index in [0.717, 1.165) is 22.8 Å². The number of rotatable bonds is 2. The monoisotopic (exact) mass is 335 g/mol. The van der Waals surface area contributed by atoms with Gasteiger partial charge in [-0.2, -0.15) is 0 Å². The lowest BCUT2D eigenvalue weighted by Gasteiger charge is -2.16. The van der Waals surface area contributed by atoms with Gasteiger partial charge in [0.1, 0.15) is 17.5 Å². The van der Waals surface area contributed by atoms with Gasteiger partial charge >= 0.3 is 0 Å². The Kier molecular flexibility index (Phi) is 3.87.